The summed E-state index contributed by atoms with van der Waals surface area (Å²) in [6.45, 7) is 4.61. The molecule has 0 radical (unpaired) electrons. The molecule has 2 aromatic heterocycles. The number of likely N-dealkylation sites (tertiary alicyclic amines) is 1. The molecule has 0 aromatic carbocycles. The molecule has 4 rings (SSSR count). The van der Waals surface area contributed by atoms with E-state index in [4.69, 9.17) is 0 Å². The van der Waals surface area contributed by atoms with E-state index in [2.05, 4.69) is 35.1 Å². The van der Waals surface area contributed by atoms with Gasteiger partial charge in [0.25, 0.3) is 0 Å². The number of H-pyrrole nitrogens is 1. The molecule has 7 nitrogen and oxygen atoms in total. The van der Waals surface area contributed by atoms with Crippen LogP contribution in [0.1, 0.15) is 19.3 Å². The topological polar surface area (TPSA) is 73.0 Å². The molecule has 0 spiro atoms. The van der Waals surface area contributed by atoms with Crippen LogP contribution >= 0.6 is 0 Å². The minimum absolute atomic E-state index is 0.634. The van der Waals surface area contributed by atoms with Crippen LogP contribution in [0, 0.1) is 0 Å². The molecule has 0 bridgehead atoms. The lowest BCUT2D eigenvalue weighted by molar-refractivity contribution is 0.260. The third kappa shape index (κ3) is 2.21. The first-order chi connectivity index (χ1) is 10.3. The van der Waals surface area contributed by atoms with Gasteiger partial charge in [-0.25, -0.2) is 4.98 Å². The Morgan fingerprint density at radius 1 is 1.24 bits per heavy atom. The summed E-state index contributed by atoms with van der Waals surface area (Å²) < 4.78 is 0. The molecular formula is C14H21N7. The number of anilines is 2. The first kappa shape index (κ1) is 12.8. The molecule has 1 atom stereocenters. The van der Waals surface area contributed by atoms with E-state index in [1.807, 2.05) is 7.05 Å². The Bertz CT molecular complexity index is 631. The van der Waals surface area contributed by atoms with Crippen molar-refractivity contribution in [1.82, 2.24) is 24.8 Å². The number of aromatic amines is 1. The molecule has 2 aromatic rings. The fourth-order valence-electron chi connectivity index (χ4n) is 3.50. The summed E-state index contributed by atoms with van der Waals surface area (Å²) >= 11 is 0. The molecule has 2 saturated heterocycles. The van der Waals surface area contributed by atoms with Gasteiger partial charge >= 0.3 is 0 Å². The Morgan fingerprint density at radius 3 is 2.90 bits per heavy atom. The van der Waals surface area contributed by atoms with Crippen LogP contribution in [0.3, 0.4) is 0 Å². The summed E-state index contributed by atoms with van der Waals surface area (Å²) in [4.78, 5) is 21.5. The van der Waals surface area contributed by atoms with E-state index in [-0.39, 0.29) is 0 Å². The van der Waals surface area contributed by atoms with E-state index in [0.717, 1.165) is 30.1 Å². The zero-order chi connectivity index (χ0) is 14.2. The van der Waals surface area contributed by atoms with Gasteiger partial charge in [-0.1, -0.05) is 0 Å². The van der Waals surface area contributed by atoms with Gasteiger partial charge in [-0.2, -0.15) is 9.97 Å². The van der Waals surface area contributed by atoms with Gasteiger partial charge in [-0.15, -0.1) is 0 Å². The molecule has 2 fully saturated rings. The van der Waals surface area contributed by atoms with E-state index < -0.39 is 0 Å². The van der Waals surface area contributed by atoms with E-state index in [1.165, 1.54) is 32.4 Å². The number of hydrogen-bond acceptors (Lipinski definition) is 6. The predicted octanol–water partition coefficient (Wildman–Crippen LogP) is 1.07. The number of imidazole rings is 1. The second-order valence-corrected chi connectivity index (χ2v) is 5.85. The largest absolute Gasteiger partial charge is 0.357 e. The maximum Gasteiger partial charge on any atom is 0.226 e. The molecule has 1 unspecified atom stereocenters. The highest BCUT2D eigenvalue weighted by Crippen LogP contribution is 2.28. The lowest BCUT2D eigenvalue weighted by atomic mass is 10.2. The second-order valence-electron chi connectivity index (χ2n) is 5.85. The van der Waals surface area contributed by atoms with Gasteiger partial charge in [-0.05, 0) is 32.4 Å². The fourth-order valence-corrected chi connectivity index (χ4v) is 3.50. The quantitative estimate of drug-likeness (QED) is 0.880. The third-order valence-corrected chi connectivity index (χ3v) is 4.61. The lowest BCUT2D eigenvalue weighted by Crippen LogP contribution is -2.35. The van der Waals surface area contributed by atoms with Crippen LogP contribution < -0.4 is 10.2 Å². The van der Waals surface area contributed by atoms with Gasteiger partial charge in [0.2, 0.25) is 5.95 Å². The van der Waals surface area contributed by atoms with Crippen molar-refractivity contribution in [3.05, 3.63) is 6.33 Å². The van der Waals surface area contributed by atoms with Crippen molar-refractivity contribution in [2.45, 2.75) is 25.3 Å². The Morgan fingerprint density at radius 2 is 2.10 bits per heavy atom. The zero-order valence-electron chi connectivity index (χ0n) is 12.3. The van der Waals surface area contributed by atoms with Crippen molar-refractivity contribution in [2.24, 2.45) is 0 Å². The number of hydrogen-bond donors (Lipinski definition) is 2. The molecular weight excluding hydrogens is 266 g/mol. The lowest BCUT2D eigenvalue weighted by Gasteiger charge is -2.24. The van der Waals surface area contributed by atoms with Gasteiger partial charge in [0.1, 0.15) is 5.52 Å². The number of nitrogens with one attached hydrogen (secondary N) is 2. The average molecular weight is 287 g/mol. The van der Waals surface area contributed by atoms with Crippen LogP contribution in [-0.4, -0.2) is 64.1 Å². The highest BCUT2D eigenvalue weighted by Gasteiger charge is 2.31. The predicted molar refractivity (Wildman–Crippen MR) is 82.7 cm³/mol. The summed E-state index contributed by atoms with van der Waals surface area (Å²) in [6, 6.07) is 0.665. The number of aromatic nitrogens is 4. The normalized spacial score (nSPS) is 23.3. The Balaban J connectivity index is 1.62. The number of nitrogens with zero attached hydrogens (tertiary/aromatic N) is 5. The van der Waals surface area contributed by atoms with Gasteiger partial charge < -0.3 is 15.2 Å². The van der Waals surface area contributed by atoms with Crippen molar-refractivity contribution in [3.63, 3.8) is 0 Å². The van der Waals surface area contributed by atoms with E-state index in [9.17, 15) is 0 Å². The molecule has 7 heteroatoms. The molecule has 2 aliphatic heterocycles. The molecule has 2 aliphatic rings. The zero-order valence-corrected chi connectivity index (χ0v) is 12.3. The SMILES string of the molecule is CNc1nc(N2CCC(N3CCCC3)C2)c2[nH]cnc2n1. The van der Waals surface area contributed by atoms with Crippen molar-refractivity contribution < 1.29 is 0 Å². The molecule has 4 heterocycles. The summed E-state index contributed by atoms with van der Waals surface area (Å²) in [5.74, 6) is 1.61. The third-order valence-electron chi connectivity index (χ3n) is 4.61. The van der Waals surface area contributed by atoms with Gasteiger partial charge in [0, 0.05) is 26.2 Å². The summed E-state index contributed by atoms with van der Waals surface area (Å²) in [5.41, 5.74) is 1.67. The minimum Gasteiger partial charge on any atom is -0.357 e. The van der Waals surface area contributed by atoms with Crippen LogP contribution in [0.2, 0.25) is 0 Å². The van der Waals surface area contributed by atoms with Gasteiger partial charge in [0.05, 0.1) is 6.33 Å². The van der Waals surface area contributed by atoms with Crippen LogP contribution in [0.5, 0.6) is 0 Å². The van der Waals surface area contributed by atoms with Crippen LogP contribution in [0.25, 0.3) is 11.2 Å². The minimum atomic E-state index is 0.634. The smallest absolute Gasteiger partial charge is 0.226 e. The maximum atomic E-state index is 4.65. The van der Waals surface area contributed by atoms with Crippen LogP contribution in [0.15, 0.2) is 6.33 Å². The highest BCUT2D eigenvalue weighted by molar-refractivity contribution is 5.84. The first-order valence-corrected chi connectivity index (χ1v) is 7.73. The molecule has 112 valence electrons. The van der Waals surface area contributed by atoms with Crippen LogP contribution in [-0.2, 0) is 0 Å². The van der Waals surface area contributed by atoms with Gasteiger partial charge in [0.15, 0.2) is 11.5 Å². The van der Waals surface area contributed by atoms with Crippen LogP contribution in [0.4, 0.5) is 11.8 Å². The van der Waals surface area contributed by atoms with E-state index in [1.54, 1.807) is 6.33 Å². The second kappa shape index (κ2) is 5.14. The molecule has 0 saturated carbocycles. The molecule has 21 heavy (non-hydrogen) atoms. The summed E-state index contributed by atoms with van der Waals surface area (Å²) in [6.07, 6.45) is 5.60. The maximum absolute atomic E-state index is 4.65. The van der Waals surface area contributed by atoms with E-state index in [0.29, 0.717) is 12.0 Å². The summed E-state index contributed by atoms with van der Waals surface area (Å²) in [5, 5.41) is 3.03. The fraction of sp³-hybridized carbons (Fsp3) is 0.643. The Labute approximate surface area is 123 Å². The van der Waals surface area contributed by atoms with Crippen molar-refractivity contribution in [3.8, 4) is 0 Å². The number of rotatable bonds is 3. The standard InChI is InChI=1S/C14H21N7/c1-15-14-18-12-11(16-9-17-12)13(19-14)21-7-4-10(8-21)20-5-2-3-6-20/h9-10H,2-8H2,1H3,(H2,15,16,17,18,19). The molecule has 0 aliphatic carbocycles. The van der Waals surface area contributed by atoms with Crippen molar-refractivity contribution in [1.29, 1.82) is 0 Å². The van der Waals surface area contributed by atoms with Crippen molar-refractivity contribution >= 4 is 22.9 Å². The monoisotopic (exact) mass is 287 g/mol. The molecule has 0 amide bonds. The van der Waals surface area contributed by atoms with E-state index >= 15 is 0 Å². The highest BCUT2D eigenvalue weighted by atomic mass is 15.3. The van der Waals surface area contributed by atoms with Gasteiger partial charge in [-0.3, -0.25) is 4.90 Å². The Hall–Kier alpha value is -1.89. The first-order valence-electron chi connectivity index (χ1n) is 7.73. The average Bonchev–Trinajstić information content (AvgIpc) is 3.24. The van der Waals surface area contributed by atoms with Crippen molar-refractivity contribution in [2.75, 3.05) is 43.4 Å². The Kier molecular flexibility index (Phi) is 3.14. The summed E-state index contributed by atoms with van der Waals surface area (Å²) in [7, 11) is 1.84. The molecule has 2 N–H and O–H groups in total. The number of fused-ring (bicyclic) bond motifs is 1.